The number of nitrogens with zero attached hydrogens (tertiary/aromatic N) is 1. The highest BCUT2D eigenvalue weighted by atomic mass is 79.9. The number of fused-ring (bicyclic) bond motifs is 1. The molecule has 3 rings (SSSR count). The molecule has 7 heteroatoms. The largest absolute Gasteiger partial charge is 0.323 e. The van der Waals surface area contributed by atoms with Gasteiger partial charge in [-0.25, -0.2) is 13.6 Å². The lowest BCUT2D eigenvalue weighted by Crippen LogP contribution is -2.20. The third-order valence-electron chi connectivity index (χ3n) is 3.14. The van der Waals surface area contributed by atoms with Crippen LogP contribution in [-0.4, -0.2) is 11.0 Å². The second kappa shape index (κ2) is 6.29. The monoisotopic (exact) mass is 377 g/mol. The Labute approximate surface area is 138 Å². The number of hydrogen-bond donors (Lipinski definition) is 2. The Morgan fingerprint density at radius 3 is 2.57 bits per heavy atom. The molecule has 1 aromatic heterocycles. The van der Waals surface area contributed by atoms with E-state index < -0.39 is 17.7 Å². The first kappa shape index (κ1) is 15.4. The Hall–Kier alpha value is -2.54. The van der Waals surface area contributed by atoms with Gasteiger partial charge < -0.3 is 10.6 Å². The van der Waals surface area contributed by atoms with Crippen LogP contribution in [0.4, 0.5) is 25.0 Å². The van der Waals surface area contributed by atoms with Crippen LogP contribution < -0.4 is 10.6 Å². The topological polar surface area (TPSA) is 54.0 Å². The second-order valence-corrected chi connectivity index (χ2v) is 5.55. The zero-order valence-corrected chi connectivity index (χ0v) is 13.2. The molecule has 0 atom stereocenters. The number of hydrogen-bond acceptors (Lipinski definition) is 2. The van der Waals surface area contributed by atoms with Crippen LogP contribution in [0.2, 0.25) is 0 Å². The lowest BCUT2D eigenvalue weighted by Gasteiger charge is -2.11. The molecule has 0 saturated heterocycles. The van der Waals surface area contributed by atoms with Crippen molar-refractivity contribution < 1.29 is 13.6 Å². The normalized spacial score (nSPS) is 10.6. The van der Waals surface area contributed by atoms with Crippen molar-refractivity contribution in [1.82, 2.24) is 4.98 Å². The standard InChI is InChI=1S/C16H10BrF2N3O/c17-11-4-6-14(15-10(11)2-1-7-20-15)22-16(23)21-13-5-3-9(18)8-12(13)19/h1-8H,(H2,21,22,23). The fraction of sp³-hybridized carbons (Fsp3) is 0. The highest BCUT2D eigenvalue weighted by Crippen LogP contribution is 2.28. The van der Waals surface area contributed by atoms with Crippen LogP contribution in [-0.2, 0) is 0 Å². The average Bonchev–Trinajstić information content (AvgIpc) is 2.53. The van der Waals surface area contributed by atoms with Gasteiger partial charge in [-0.1, -0.05) is 22.0 Å². The number of nitrogens with one attached hydrogen (secondary N) is 2. The van der Waals surface area contributed by atoms with Crippen LogP contribution in [0.25, 0.3) is 10.9 Å². The van der Waals surface area contributed by atoms with Gasteiger partial charge in [0.2, 0.25) is 0 Å². The summed E-state index contributed by atoms with van der Waals surface area (Å²) in [4.78, 5) is 16.3. The first-order chi connectivity index (χ1) is 11.0. The highest BCUT2D eigenvalue weighted by molar-refractivity contribution is 9.10. The maximum atomic E-state index is 13.6. The molecule has 0 saturated carbocycles. The van der Waals surface area contributed by atoms with E-state index in [1.54, 1.807) is 24.4 Å². The molecule has 2 aromatic carbocycles. The number of amides is 2. The number of anilines is 2. The van der Waals surface area contributed by atoms with Crippen molar-refractivity contribution in [2.24, 2.45) is 0 Å². The van der Waals surface area contributed by atoms with Crippen molar-refractivity contribution >= 4 is 44.2 Å². The van der Waals surface area contributed by atoms with Crippen molar-refractivity contribution in [2.75, 3.05) is 10.6 Å². The first-order valence-electron chi connectivity index (χ1n) is 6.61. The average molecular weight is 378 g/mol. The molecule has 0 unspecified atom stereocenters. The number of benzene rings is 2. The van der Waals surface area contributed by atoms with Crippen molar-refractivity contribution in [3.05, 3.63) is 64.8 Å². The molecule has 1 heterocycles. The SMILES string of the molecule is O=C(Nc1ccc(F)cc1F)Nc1ccc(Br)c2cccnc12. The number of halogens is 3. The van der Waals surface area contributed by atoms with Crippen molar-refractivity contribution in [3.8, 4) is 0 Å². The summed E-state index contributed by atoms with van der Waals surface area (Å²) in [5.74, 6) is -1.56. The Kier molecular flexibility index (Phi) is 4.20. The number of aromatic nitrogens is 1. The van der Waals surface area contributed by atoms with Gasteiger partial charge >= 0.3 is 6.03 Å². The summed E-state index contributed by atoms with van der Waals surface area (Å²) >= 11 is 3.41. The highest BCUT2D eigenvalue weighted by Gasteiger charge is 2.11. The van der Waals surface area contributed by atoms with E-state index in [0.29, 0.717) is 17.3 Å². The van der Waals surface area contributed by atoms with Gasteiger partial charge in [0.1, 0.15) is 11.6 Å². The predicted octanol–water partition coefficient (Wildman–Crippen LogP) is 4.92. The van der Waals surface area contributed by atoms with E-state index in [-0.39, 0.29) is 5.69 Å². The van der Waals surface area contributed by atoms with Gasteiger partial charge in [0.15, 0.2) is 0 Å². The number of urea groups is 1. The van der Waals surface area contributed by atoms with E-state index in [4.69, 9.17) is 0 Å². The molecule has 2 N–H and O–H groups in total. The molecule has 2 amide bonds. The summed E-state index contributed by atoms with van der Waals surface area (Å²) in [5.41, 5.74) is 0.957. The lowest BCUT2D eigenvalue weighted by atomic mass is 10.2. The molecule has 0 aliphatic rings. The van der Waals surface area contributed by atoms with Crippen molar-refractivity contribution in [3.63, 3.8) is 0 Å². The van der Waals surface area contributed by atoms with Crippen molar-refractivity contribution in [2.45, 2.75) is 0 Å². The van der Waals surface area contributed by atoms with Gasteiger partial charge in [-0.15, -0.1) is 0 Å². The van der Waals surface area contributed by atoms with Gasteiger partial charge in [0.05, 0.1) is 16.9 Å². The molecule has 3 aromatic rings. The Morgan fingerprint density at radius 1 is 1.04 bits per heavy atom. The minimum atomic E-state index is -0.848. The predicted molar refractivity (Wildman–Crippen MR) is 88.4 cm³/mol. The molecule has 23 heavy (non-hydrogen) atoms. The summed E-state index contributed by atoms with van der Waals surface area (Å²) in [6.07, 6.45) is 1.61. The molecule has 4 nitrogen and oxygen atoms in total. The molecule has 0 aliphatic heterocycles. The molecule has 116 valence electrons. The molecular weight excluding hydrogens is 368 g/mol. The first-order valence-corrected chi connectivity index (χ1v) is 7.40. The summed E-state index contributed by atoms with van der Waals surface area (Å²) < 4.78 is 27.3. The molecule has 0 bridgehead atoms. The van der Waals surface area contributed by atoms with Gasteiger partial charge in [0, 0.05) is 22.1 Å². The maximum Gasteiger partial charge on any atom is 0.323 e. The fourth-order valence-electron chi connectivity index (χ4n) is 2.11. The molecule has 0 radical (unpaired) electrons. The zero-order chi connectivity index (χ0) is 16.4. The third-order valence-corrected chi connectivity index (χ3v) is 3.84. The van der Waals surface area contributed by atoms with Crippen LogP contribution in [0.15, 0.2) is 53.1 Å². The van der Waals surface area contributed by atoms with E-state index in [1.807, 2.05) is 6.07 Å². The number of carbonyl (C=O) groups is 1. The van der Waals surface area contributed by atoms with Gasteiger partial charge in [0.25, 0.3) is 0 Å². The van der Waals surface area contributed by atoms with E-state index in [9.17, 15) is 13.6 Å². The Balaban J connectivity index is 1.85. The summed E-state index contributed by atoms with van der Waals surface area (Å²) in [7, 11) is 0. The van der Waals surface area contributed by atoms with E-state index in [2.05, 4.69) is 31.5 Å². The maximum absolute atomic E-state index is 13.6. The number of carbonyl (C=O) groups excluding carboxylic acids is 1. The Morgan fingerprint density at radius 2 is 1.78 bits per heavy atom. The second-order valence-electron chi connectivity index (χ2n) is 4.70. The molecule has 0 spiro atoms. The van der Waals surface area contributed by atoms with Gasteiger partial charge in [-0.3, -0.25) is 4.98 Å². The van der Waals surface area contributed by atoms with Crippen LogP contribution in [0.1, 0.15) is 0 Å². The van der Waals surface area contributed by atoms with E-state index >= 15 is 0 Å². The smallest absolute Gasteiger partial charge is 0.306 e. The van der Waals surface area contributed by atoms with Crippen LogP contribution in [0, 0.1) is 11.6 Å². The minimum absolute atomic E-state index is 0.113. The molecule has 0 fully saturated rings. The van der Waals surface area contributed by atoms with Crippen LogP contribution in [0.3, 0.4) is 0 Å². The third kappa shape index (κ3) is 3.29. The fourth-order valence-corrected chi connectivity index (χ4v) is 2.56. The van der Waals surface area contributed by atoms with Crippen LogP contribution in [0.5, 0.6) is 0 Å². The number of pyridine rings is 1. The van der Waals surface area contributed by atoms with E-state index in [1.165, 1.54) is 0 Å². The lowest BCUT2D eigenvalue weighted by molar-refractivity contribution is 0.262. The quantitative estimate of drug-likeness (QED) is 0.665. The summed E-state index contributed by atoms with van der Waals surface area (Å²) in [5, 5.41) is 5.77. The minimum Gasteiger partial charge on any atom is -0.306 e. The summed E-state index contributed by atoms with van der Waals surface area (Å²) in [6, 6.07) is 9.37. The van der Waals surface area contributed by atoms with Gasteiger partial charge in [-0.05, 0) is 30.3 Å². The van der Waals surface area contributed by atoms with Crippen molar-refractivity contribution in [1.29, 1.82) is 0 Å². The Bertz CT molecular complexity index is 902. The van der Waals surface area contributed by atoms with Crippen LogP contribution >= 0.6 is 15.9 Å². The zero-order valence-electron chi connectivity index (χ0n) is 11.6. The van der Waals surface area contributed by atoms with E-state index in [0.717, 1.165) is 22.0 Å². The number of rotatable bonds is 2. The summed E-state index contributed by atoms with van der Waals surface area (Å²) in [6.45, 7) is 0. The van der Waals surface area contributed by atoms with Gasteiger partial charge in [-0.2, -0.15) is 0 Å². The molecule has 0 aliphatic carbocycles. The molecular formula is C16H10BrF2N3O.